The average Bonchev–Trinajstić information content (AvgIpc) is 2.63. The molecule has 1 aliphatic heterocycles. The molecule has 28 heavy (non-hydrogen) atoms. The van der Waals surface area contributed by atoms with Crippen molar-refractivity contribution in [3.8, 4) is 0 Å². The first kappa shape index (κ1) is 22.2. The predicted molar refractivity (Wildman–Crippen MR) is 114 cm³/mol. The van der Waals surface area contributed by atoms with Crippen molar-refractivity contribution >= 4 is 34.0 Å². The lowest BCUT2D eigenvalue weighted by Crippen LogP contribution is -2.51. The van der Waals surface area contributed by atoms with E-state index in [-0.39, 0.29) is 29.3 Å². The minimum absolute atomic E-state index is 0. The van der Waals surface area contributed by atoms with Crippen molar-refractivity contribution in [3.05, 3.63) is 59.2 Å². The fourth-order valence-electron chi connectivity index (χ4n) is 3.12. The number of carbonyl (C=O) groups excluding carboxylic acids is 1. The summed E-state index contributed by atoms with van der Waals surface area (Å²) in [5, 5.41) is 3.30. The molecule has 2 aromatic carbocycles. The summed E-state index contributed by atoms with van der Waals surface area (Å²) >= 11 is 0. The lowest BCUT2D eigenvalue weighted by atomic mass is 10.1. The van der Waals surface area contributed by atoms with Gasteiger partial charge in [-0.25, -0.2) is 8.42 Å². The molecule has 0 radical (unpaired) electrons. The van der Waals surface area contributed by atoms with Crippen molar-refractivity contribution in [1.29, 1.82) is 0 Å². The van der Waals surface area contributed by atoms with Crippen LogP contribution in [0.4, 0.5) is 5.69 Å². The normalized spacial score (nSPS) is 17.0. The Balaban J connectivity index is 0.00000280. The van der Waals surface area contributed by atoms with Gasteiger partial charge in [0, 0.05) is 36.9 Å². The van der Waals surface area contributed by atoms with E-state index in [1.807, 2.05) is 32.9 Å². The molecule has 0 saturated carbocycles. The highest BCUT2D eigenvalue weighted by Crippen LogP contribution is 2.21. The molecule has 0 spiro atoms. The molecule has 0 bridgehead atoms. The number of aryl methyl sites for hydroxylation is 2. The number of anilines is 1. The molecule has 1 atom stereocenters. The molecule has 2 N–H and O–H groups in total. The van der Waals surface area contributed by atoms with Crippen molar-refractivity contribution in [3.63, 3.8) is 0 Å². The van der Waals surface area contributed by atoms with Gasteiger partial charge in [0.15, 0.2) is 0 Å². The van der Waals surface area contributed by atoms with E-state index < -0.39 is 10.0 Å². The lowest BCUT2D eigenvalue weighted by Gasteiger charge is -2.32. The van der Waals surface area contributed by atoms with Gasteiger partial charge < -0.3 is 10.2 Å². The molecular formula is C20H26ClN3O3S. The summed E-state index contributed by atoms with van der Waals surface area (Å²) in [6.45, 7) is 7.74. The third-order valence-electron chi connectivity index (χ3n) is 4.71. The molecule has 152 valence electrons. The minimum atomic E-state index is -3.77. The third kappa shape index (κ3) is 5.04. The van der Waals surface area contributed by atoms with Crippen LogP contribution in [0.5, 0.6) is 0 Å². The quantitative estimate of drug-likeness (QED) is 0.792. The molecule has 1 unspecified atom stereocenters. The van der Waals surface area contributed by atoms with E-state index in [2.05, 4.69) is 10.0 Å². The zero-order valence-corrected chi connectivity index (χ0v) is 17.9. The zero-order valence-electron chi connectivity index (χ0n) is 16.2. The molecule has 0 aliphatic carbocycles. The van der Waals surface area contributed by atoms with Crippen LogP contribution in [0.3, 0.4) is 0 Å². The minimum Gasteiger partial charge on any atom is -0.336 e. The molecule has 1 amide bonds. The second-order valence-electron chi connectivity index (χ2n) is 7.05. The first-order valence-corrected chi connectivity index (χ1v) is 10.5. The molecule has 1 heterocycles. The monoisotopic (exact) mass is 423 g/mol. The summed E-state index contributed by atoms with van der Waals surface area (Å²) in [5.41, 5.74) is 2.73. The molecule has 6 nitrogen and oxygen atoms in total. The van der Waals surface area contributed by atoms with Crippen LogP contribution in [0.25, 0.3) is 0 Å². The highest BCUT2D eigenvalue weighted by molar-refractivity contribution is 7.92. The van der Waals surface area contributed by atoms with Crippen molar-refractivity contribution in [2.24, 2.45) is 0 Å². The number of halogens is 1. The van der Waals surface area contributed by atoms with Crippen molar-refractivity contribution in [2.45, 2.75) is 31.7 Å². The maximum atomic E-state index is 12.9. The Morgan fingerprint density at radius 3 is 2.46 bits per heavy atom. The number of benzene rings is 2. The van der Waals surface area contributed by atoms with Gasteiger partial charge in [0.05, 0.1) is 4.90 Å². The number of sulfonamides is 1. The van der Waals surface area contributed by atoms with Crippen LogP contribution in [-0.4, -0.2) is 44.9 Å². The molecule has 1 fully saturated rings. The molecule has 1 saturated heterocycles. The van der Waals surface area contributed by atoms with Gasteiger partial charge in [-0.3, -0.25) is 9.52 Å². The van der Waals surface area contributed by atoms with Crippen molar-refractivity contribution in [1.82, 2.24) is 10.2 Å². The summed E-state index contributed by atoms with van der Waals surface area (Å²) in [5.74, 6) is -0.131. The Morgan fingerprint density at radius 1 is 1.14 bits per heavy atom. The Morgan fingerprint density at radius 2 is 1.82 bits per heavy atom. The topological polar surface area (TPSA) is 78.5 Å². The van der Waals surface area contributed by atoms with Crippen LogP contribution in [0.2, 0.25) is 0 Å². The zero-order chi connectivity index (χ0) is 19.6. The first-order chi connectivity index (χ1) is 12.8. The van der Waals surface area contributed by atoms with E-state index in [0.717, 1.165) is 17.7 Å². The molecule has 2 aromatic rings. The second-order valence-corrected chi connectivity index (χ2v) is 8.74. The van der Waals surface area contributed by atoms with Gasteiger partial charge in [-0.1, -0.05) is 23.8 Å². The van der Waals surface area contributed by atoms with E-state index in [9.17, 15) is 13.2 Å². The fourth-order valence-corrected chi connectivity index (χ4v) is 4.21. The van der Waals surface area contributed by atoms with E-state index in [4.69, 9.17) is 0 Å². The highest BCUT2D eigenvalue weighted by atomic mass is 35.5. The van der Waals surface area contributed by atoms with Gasteiger partial charge >= 0.3 is 0 Å². The molecule has 0 aromatic heterocycles. The average molecular weight is 424 g/mol. The lowest BCUT2D eigenvalue weighted by molar-refractivity contribution is 0.0708. The van der Waals surface area contributed by atoms with E-state index in [1.165, 1.54) is 12.1 Å². The van der Waals surface area contributed by atoms with Crippen LogP contribution in [0.1, 0.15) is 28.4 Å². The summed E-state index contributed by atoms with van der Waals surface area (Å²) in [4.78, 5) is 14.8. The number of hydrogen-bond donors (Lipinski definition) is 2. The predicted octanol–water partition coefficient (Wildman–Crippen LogP) is 2.96. The largest absolute Gasteiger partial charge is 0.336 e. The van der Waals surface area contributed by atoms with E-state index in [0.29, 0.717) is 24.3 Å². The van der Waals surface area contributed by atoms with Crippen molar-refractivity contribution < 1.29 is 13.2 Å². The maximum absolute atomic E-state index is 12.9. The molecule has 8 heteroatoms. The Labute approximate surface area is 172 Å². The van der Waals surface area contributed by atoms with Gasteiger partial charge in [0.1, 0.15) is 0 Å². The van der Waals surface area contributed by atoms with Gasteiger partial charge in [0.25, 0.3) is 15.9 Å². The molecule has 3 rings (SSSR count). The SMILES string of the molecule is Cc1ccc(NS(=O)(=O)c2ccc(C)c(C(=O)N3CCNC(C)C3)c2)cc1.Cl. The Kier molecular flexibility index (Phi) is 7.09. The van der Waals surface area contributed by atoms with Crippen LogP contribution < -0.4 is 10.0 Å². The third-order valence-corrected chi connectivity index (χ3v) is 6.09. The molecule has 1 aliphatic rings. The van der Waals surface area contributed by atoms with Gasteiger partial charge in [-0.05, 0) is 50.6 Å². The smallest absolute Gasteiger partial charge is 0.261 e. The number of nitrogens with zero attached hydrogens (tertiary/aromatic N) is 1. The highest BCUT2D eigenvalue weighted by Gasteiger charge is 2.24. The van der Waals surface area contributed by atoms with Gasteiger partial charge in [-0.2, -0.15) is 0 Å². The summed E-state index contributed by atoms with van der Waals surface area (Å²) in [6, 6.07) is 12.0. The number of nitrogens with one attached hydrogen (secondary N) is 2. The van der Waals surface area contributed by atoms with Crippen LogP contribution >= 0.6 is 12.4 Å². The number of amides is 1. The maximum Gasteiger partial charge on any atom is 0.261 e. The molecular weight excluding hydrogens is 398 g/mol. The van der Waals surface area contributed by atoms with Crippen LogP contribution in [0.15, 0.2) is 47.4 Å². The number of carbonyl (C=O) groups is 1. The van der Waals surface area contributed by atoms with Crippen LogP contribution in [0, 0.1) is 13.8 Å². The Hall–Kier alpha value is -2.09. The number of rotatable bonds is 4. The van der Waals surface area contributed by atoms with Gasteiger partial charge in [-0.15, -0.1) is 12.4 Å². The van der Waals surface area contributed by atoms with Crippen LogP contribution in [-0.2, 0) is 10.0 Å². The summed E-state index contributed by atoms with van der Waals surface area (Å²) in [6.07, 6.45) is 0. The summed E-state index contributed by atoms with van der Waals surface area (Å²) in [7, 11) is -3.77. The standard InChI is InChI=1S/C20H25N3O3S.ClH/c1-14-4-7-17(8-5-14)22-27(25,26)18-9-6-15(2)19(12-18)20(24)23-11-10-21-16(3)13-23;/h4-9,12,16,21-22H,10-11,13H2,1-3H3;1H. The van der Waals surface area contributed by atoms with E-state index >= 15 is 0 Å². The number of piperazine rings is 1. The summed E-state index contributed by atoms with van der Waals surface area (Å²) < 4.78 is 28.1. The van der Waals surface area contributed by atoms with Gasteiger partial charge in [0.2, 0.25) is 0 Å². The fraction of sp³-hybridized carbons (Fsp3) is 0.350. The first-order valence-electron chi connectivity index (χ1n) is 8.99. The van der Waals surface area contributed by atoms with E-state index in [1.54, 1.807) is 23.1 Å². The number of hydrogen-bond acceptors (Lipinski definition) is 4. The Bertz CT molecular complexity index is 946. The second kappa shape index (κ2) is 8.94. The van der Waals surface area contributed by atoms with Crippen molar-refractivity contribution in [2.75, 3.05) is 24.4 Å².